The van der Waals surface area contributed by atoms with Gasteiger partial charge in [0, 0.05) is 19.3 Å². The Morgan fingerprint density at radius 1 is 1.33 bits per heavy atom. The molecule has 2 aromatic rings. The van der Waals surface area contributed by atoms with E-state index in [0.717, 1.165) is 11.1 Å². The third-order valence-corrected chi connectivity index (χ3v) is 4.80. The van der Waals surface area contributed by atoms with Crippen LogP contribution in [0.5, 0.6) is 0 Å². The van der Waals surface area contributed by atoms with Crippen molar-refractivity contribution < 1.29 is 23.1 Å². The van der Waals surface area contributed by atoms with Gasteiger partial charge in [-0.3, -0.25) is 0 Å². The average molecular weight is 397 g/mol. The van der Waals surface area contributed by atoms with Gasteiger partial charge in [-0.15, -0.1) is 0 Å². The van der Waals surface area contributed by atoms with Crippen LogP contribution in [0.1, 0.15) is 38.6 Å². The quantitative estimate of drug-likeness (QED) is 0.739. The van der Waals surface area contributed by atoms with E-state index in [2.05, 4.69) is 10.3 Å². The lowest BCUT2D eigenvalue weighted by Gasteiger charge is -2.19. The Kier molecular flexibility index (Phi) is 6.48. The lowest BCUT2D eigenvalue weighted by Crippen LogP contribution is -2.32. The molecule has 0 aliphatic rings. The molecule has 0 atom stereocenters. The number of ether oxygens (including phenoxy) is 1. The minimum atomic E-state index is -3.03. The number of imidazole rings is 1. The maximum absolute atomic E-state index is 11.8. The lowest BCUT2D eigenvalue weighted by atomic mass is 10.2. The predicted molar refractivity (Wildman–Crippen MR) is 103 cm³/mol. The molecule has 0 saturated heterocycles. The van der Waals surface area contributed by atoms with Gasteiger partial charge in [-0.25, -0.2) is 18.2 Å². The van der Waals surface area contributed by atoms with Crippen LogP contribution in [-0.2, 0) is 34.3 Å². The number of carbonyl (C=O) groups is 1. The highest BCUT2D eigenvalue weighted by Gasteiger charge is 2.16. The largest absolute Gasteiger partial charge is 0.444 e. The summed E-state index contributed by atoms with van der Waals surface area (Å²) in [5.41, 5.74) is 1.78. The molecule has 0 spiro atoms. The first kappa shape index (κ1) is 21.2. The van der Waals surface area contributed by atoms with Gasteiger partial charge in [0.1, 0.15) is 27.9 Å². The van der Waals surface area contributed by atoms with E-state index in [9.17, 15) is 18.3 Å². The van der Waals surface area contributed by atoms with Crippen molar-refractivity contribution in [2.45, 2.75) is 52.5 Å². The van der Waals surface area contributed by atoms with Crippen molar-refractivity contribution in [1.82, 2.24) is 14.9 Å². The molecule has 2 N–H and O–H groups in total. The molecule has 8 nitrogen and oxygen atoms in total. The molecule has 0 unspecified atom stereocenters. The second-order valence-corrected chi connectivity index (χ2v) is 9.76. The Labute approximate surface area is 159 Å². The molecular formula is C18H27N3O5S. The van der Waals surface area contributed by atoms with Gasteiger partial charge in [0.25, 0.3) is 0 Å². The van der Waals surface area contributed by atoms with Gasteiger partial charge in [-0.2, -0.15) is 0 Å². The summed E-state index contributed by atoms with van der Waals surface area (Å²) in [6.07, 6.45) is 1.15. The van der Waals surface area contributed by atoms with Gasteiger partial charge in [0.05, 0.1) is 16.8 Å². The summed E-state index contributed by atoms with van der Waals surface area (Å²) in [5.74, 6) is 0.561. The van der Waals surface area contributed by atoms with Crippen molar-refractivity contribution >= 4 is 27.0 Å². The summed E-state index contributed by atoms with van der Waals surface area (Å²) < 4.78 is 29.7. The van der Waals surface area contributed by atoms with Gasteiger partial charge in [0.15, 0.2) is 0 Å². The van der Waals surface area contributed by atoms with E-state index in [-0.39, 0.29) is 12.4 Å². The summed E-state index contributed by atoms with van der Waals surface area (Å²) in [7, 11) is -3.03. The molecule has 0 aliphatic heterocycles. The number of fused-ring (bicyclic) bond motifs is 1. The number of hydrogen-bond donors (Lipinski definition) is 2. The third kappa shape index (κ3) is 6.51. The van der Waals surface area contributed by atoms with E-state index in [0.29, 0.717) is 30.9 Å². The minimum Gasteiger partial charge on any atom is -0.444 e. The molecule has 1 heterocycles. The van der Waals surface area contributed by atoms with Crippen LogP contribution in [0.15, 0.2) is 18.2 Å². The highest BCUT2D eigenvalue weighted by Crippen LogP contribution is 2.19. The second kappa shape index (κ2) is 8.26. The molecule has 9 heteroatoms. The first-order valence-corrected chi connectivity index (χ1v) is 10.8. The van der Waals surface area contributed by atoms with Crippen molar-refractivity contribution in [2.75, 3.05) is 12.0 Å². The van der Waals surface area contributed by atoms with Gasteiger partial charge in [-0.05, 0) is 44.9 Å². The van der Waals surface area contributed by atoms with Crippen molar-refractivity contribution in [2.24, 2.45) is 0 Å². The van der Waals surface area contributed by atoms with Crippen LogP contribution in [0.25, 0.3) is 11.0 Å². The van der Waals surface area contributed by atoms with Gasteiger partial charge in [0.2, 0.25) is 0 Å². The molecule has 0 bridgehead atoms. The molecule has 0 fully saturated rings. The Morgan fingerprint density at radius 2 is 2.04 bits per heavy atom. The number of benzene rings is 1. The van der Waals surface area contributed by atoms with E-state index < -0.39 is 21.5 Å². The lowest BCUT2D eigenvalue weighted by molar-refractivity contribution is 0.0523. The van der Waals surface area contributed by atoms with Crippen LogP contribution < -0.4 is 5.32 Å². The average Bonchev–Trinajstić information content (AvgIpc) is 2.87. The standard InChI is InChI=1S/C18H27N3O5S/c1-18(2,3)26-17(23)19-11-13-6-7-15-14(10-13)20-16(12-22)21(15)8-5-9-27(4,24)25/h6-7,10,22H,5,8-9,11-12H2,1-4H3,(H,19,23). The van der Waals surface area contributed by atoms with Crippen LogP contribution >= 0.6 is 0 Å². The highest BCUT2D eigenvalue weighted by atomic mass is 32.2. The monoisotopic (exact) mass is 397 g/mol. The summed E-state index contributed by atoms with van der Waals surface area (Å²) in [6, 6.07) is 5.54. The summed E-state index contributed by atoms with van der Waals surface area (Å²) in [6.45, 7) is 5.90. The molecule has 0 radical (unpaired) electrons. The number of amides is 1. The van der Waals surface area contributed by atoms with Crippen molar-refractivity contribution in [1.29, 1.82) is 0 Å². The first-order valence-electron chi connectivity index (χ1n) is 8.72. The topological polar surface area (TPSA) is 111 Å². The van der Waals surface area contributed by atoms with E-state index in [1.807, 2.05) is 22.8 Å². The Hall–Kier alpha value is -2.13. The van der Waals surface area contributed by atoms with Crippen molar-refractivity contribution in [3.05, 3.63) is 29.6 Å². The summed E-state index contributed by atoms with van der Waals surface area (Å²) in [4.78, 5) is 16.2. The number of carbonyl (C=O) groups excluding carboxylic acids is 1. The summed E-state index contributed by atoms with van der Waals surface area (Å²) >= 11 is 0. The molecule has 150 valence electrons. The molecule has 1 aromatic carbocycles. The van der Waals surface area contributed by atoms with Crippen LogP contribution in [0.4, 0.5) is 4.79 Å². The van der Waals surface area contributed by atoms with Gasteiger partial charge in [-0.1, -0.05) is 6.07 Å². The van der Waals surface area contributed by atoms with Crippen LogP contribution in [-0.4, -0.2) is 46.8 Å². The highest BCUT2D eigenvalue weighted by molar-refractivity contribution is 7.90. The zero-order chi connectivity index (χ0) is 20.2. The fraction of sp³-hybridized carbons (Fsp3) is 0.556. The van der Waals surface area contributed by atoms with E-state index in [4.69, 9.17) is 4.74 Å². The zero-order valence-electron chi connectivity index (χ0n) is 16.2. The molecule has 1 amide bonds. The number of nitrogens with one attached hydrogen (secondary N) is 1. The Bertz CT molecular complexity index is 913. The number of sulfone groups is 1. The van der Waals surface area contributed by atoms with E-state index in [1.165, 1.54) is 6.26 Å². The fourth-order valence-electron chi connectivity index (χ4n) is 2.68. The van der Waals surface area contributed by atoms with Gasteiger partial charge < -0.3 is 19.7 Å². The van der Waals surface area contributed by atoms with E-state index in [1.54, 1.807) is 20.8 Å². The second-order valence-electron chi connectivity index (χ2n) is 7.50. The molecular weight excluding hydrogens is 370 g/mol. The number of aromatic nitrogens is 2. The SMILES string of the molecule is CC(C)(C)OC(=O)NCc1ccc2c(c1)nc(CO)n2CCCS(C)(=O)=O. The van der Waals surface area contributed by atoms with E-state index >= 15 is 0 Å². The predicted octanol–water partition coefficient (Wildman–Crippen LogP) is 1.99. The number of rotatable bonds is 7. The fourth-order valence-corrected chi connectivity index (χ4v) is 3.33. The Morgan fingerprint density at radius 3 is 2.63 bits per heavy atom. The zero-order valence-corrected chi connectivity index (χ0v) is 17.0. The number of aliphatic hydroxyl groups excluding tert-OH is 1. The maximum atomic E-state index is 11.8. The summed E-state index contributed by atoms with van der Waals surface area (Å²) in [5, 5.41) is 12.3. The van der Waals surface area contributed by atoms with Crippen LogP contribution in [0.2, 0.25) is 0 Å². The normalized spacial score (nSPS) is 12.3. The van der Waals surface area contributed by atoms with Crippen molar-refractivity contribution in [3.8, 4) is 0 Å². The minimum absolute atomic E-state index is 0.0788. The molecule has 0 aliphatic carbocycles. The number of nitrogens with zero attached hydrogens (tertiary/aromatic N) is 2. The molecule has 27 heavy (non-hydrogen) atoms. The van der Waals surface area contributed by atoms with Crippen molar-refractivity contribution in [3.63, 3.8) is 0 Å². The third-order valence-electron chi connectivity index (χ3n) is 3.77. The molecule has 1 aromatic heterocycles. The first-order chi connectivity index (χ1) is 12.5. The molecule has 0 saturated carbocycles. The number of alkyl carbamates (subject to hydrolysis) is 1. The van der Waals surface area contributed by atoms with Crippen LogP contribution in [0.3, 0.4) is 0 Å². The van der Waals surface area contributed by atoms with Crippen LogP contribution in [0, 0.1) is 0 Å². The number of hydrogen-bond acceptors (Lipinski definition) is 6. The smallest absolute Gasteiger partial charge is 0.407 e. The number of aryl methyl sites for hydroxylation is 1. The molecule has 2 rings (SSSR count). The number of aliphatic hydroxyl groups is 1. The maximum Gasteiger partial charge on any atom is 0.407 e. The Balaban J connectivity index is 2.12. The van der Waals surface area contributed by atoms with Gasteiger partial charge >= 0.3 is 6.09 Å².